The van der Waals surface area contributed by atoms with Crippen molar-refractivity contribution in [2.24, 2.45) is 0 Å². The minimum absolute atomic E-state index is 0.0158. The van der Waals surface area contributed by atoms with Crippen molar-refractivity contribution in [3.05, 3.63) is 11.9 Å². The molecule has 1 N–H and O–H groups in total. The van der Waals surface area contributed by atoms with Gasteiger partial charge in [-0.15, -0.1) is 5.10 Å². The molecule has 6 nitrogen and oxygen atoms in total. The van der Waals surface area contributed by atoms with Crippen molar-refractivity contribution >= 4 is 5.91 Å². The van der Waals surface area contributed by atoms with E-state index in [9.17, 15) is 4.79 Å². The number of amides is 1. The van der Waals surface area contributed by atoms with Gasteiger partial charge in [0.15, 0.2) is 5.69 Å². The molecule has 2 heterocycles. The van der Waals surface area contributed by atoms with Crippen LogP contribution < -0.4 is 5.32 Å². The Hall–Kier alpha value is -1.43. The van der Waals surface area contributed by atoms with E-state index < -0.39 is 0 Å². The summed E-state index contributed by atoms with van der Waals surface area (Å²) in [5, 5.41) is 11.6. The van der Waals surface area contributed by atoms with Crippen molar-refractivity contribution in [2.75, 3.05) is 20.1 Å². The highest BCUT2D eigenvalue weighted by Crippen LogP contribution is 2.23. The van der Waals surface area contributed by atoms with Crippen molar-refractivity contribution in [3.63, 3.8) is 0 Å². The van der Waals surface area contributed by atoms with E-state index in [4.69, 9.17) is 0 Å². The molecule has 21 heavy (non-hydrogen) atoms. The van der Waals surface area contributed by atoms with E-state index in [0.717, 1.165) is 38.8 Å². The molecule has 1 saturated heterocycles. The quantitative estimate of drug-likeness (QED) is 0.919. The predicted octanol–water partition coefficient (Wildman–Crippen LogP) is 1.61. The molecule has 0 atom stereocenters. The first-order valence-electron chi connectivity index (χ1n) is 8.15. The second kappa shape index (κ2) is 6.56. The first-order valence-corrected chi connectivity index (χ1v) is 8.15. The van der Waals surface area contributed by atoms with E-state index in [0.29, 0.717) is 17.8 Å². The summed E-state index contributed by atoms with van der Waals surface area (Å²) < 4.78 is 1.88. The molecular weight excluding hydrogens is 266 g/mol. The largest absolute Gasteiger partial charge is 0.337 e. The van der Waals surface area contributed by atoms with Gasteiger partial charge in [0.2, 0.25) is 0 Å². The molecule has 3 rings (SSSR count). The van der Waals surface area contributed by atoms with E-state index in [1.165, 1.54) is 19.3 Å². The van der Waals surface area contributed by atoms with Gasteiger partial charge >= 0.3 is 0 Å². The highest BCUT2D eigenvalue weighted by Gasteiger charge is 2.25. The molecule has 0 bridgehead atoms. The standard InChI is InChI=1S/C15H25N5O/c1-19(12-5-3-2-4-6-12)15(21)14-11-20(18-17-14)13-7-9-16-10-8-13/h11-13,16H,2-10H2,1H3. The Morgan fingerprint density at radius 2 is 1.95 bits per heavy atom. The molecule has 0 aromatic carbocycles. The lowest BCUT2D eigenvalue weighted by atomic mass is 9.94. The van der Waals surface area contributed by atoms with Crippen LogP contribution in [0.1, 0.15) is 61.5 Å². The topological polar surface area (TPSA) is 63.1 Å². The lowest BCUT2D eigenvalue weighted by Crippen LogP contribution is -2.38. The van der Waals surface area contributed by atoms with Crippen molar-refractivity contribution in [2.45, 2.75) is 57.0 Å². The zero-order chi connectivity index (χ0) is 14.7. The number of piperidine rings is 1. The van der Waals surface area contributed by atoms with Gasteiger partial charge in [-0.1, -0.05) is 24.5 Å². The predicted molar refractivity (Wildman–Crippen MR) is 80.1 cm³/mol. The van der Waals surface area contributed by atoms with Crippen LogP contribution in [0.3, 0.4) is 0 Å². The molecule has 0 unspecified atom stereocenters. The van der Waals surface area contributed by atoms with Crippen LogP contribution >= 0.6 is 0 Å². The van der Waals surface area contributed by atoms with Crippen LogP contribution in [0.25, 0.3) is 0 Å². The maximum absolute atomic E-state index is 12.5. The molecule has 6 heteroatoms. The van der Waals surface area contributed by atoms with Gasteiger partial charge in [-0.2, -0.15) is 0 Å². The first kappa shape index (κ1) is 14.5. The Kier molecular flexibility index (Phi) is 4.53. The number of carbonyl (C=O) groups is 1. The fourth-order valence-corrected chi connectivity index (χ4v) is 3.44. The number of rotatable bonds is 3. The summed E-state index contributed by atoms with van der Waals surface area (Å²) in [6, 6.07) is 0.746. The van der Waals surface area contributed by atoms with E-state index in [1.54, 1.807) is 0 Å². The maximum atomic E-state index is 12.5. The van der Waals surface area contributed by atoms with Crippen LogP contribution in [0.2, 0.25) is 0 Å². The van der Waals surface area contributed by atoms with Gasteiger partial charge < -0.3 is 10.2 Å². The molecule has 1 aliphatic heterocycles. The second-order valence-corrected chi connectivity index (χ2v) is 6.27. The SMILES string of the molecule is CN(C(=O)c1cn(C2CCNCC2)nn1)C1CCCCC1. The summed E-state index contributed by atoms with van der Waals surface area (Å²) in [5.41, 5.74) is 0.488. The number of hydrogen-bond acceptors (Lipinski definition) is 4. The van der Waals surface area contributed by atoms with Gasteiger partial charge in [-0.3, -0.25) is 4.79 Å². The number of aromatic nitrogens is 3. The summed E-state index contributed by atoms with van der Waals surface area (Å²) in [5.74, 6) is 0.0158. The van der Waals surface area contributed by atoms with Gasteiger partial charge in [0.25, 0.3) is 5.91 Å². The molecule has 1 amide bonds. The van der Waals surface area contributed by atoms with Crippen molar-refractivity contribution in [1.82, 2.24) is 25.2 Å². The van der Waals surface area contributed by atoms with Gasteiger partial charge in [-0.25, -0.2) is 4.68 Å². The van der Waals surface area contributed by atoms with E-state index in [1.807, 2.05) is 22.8 Å². The van der Waals surface area contributed by atoms with Crippen LogP contribution in [-0.2, 0) is 0 Å². The number of nitrogens with zero attached hydrogens (tertiary/aromatic N) is 4. The Labute approximate surface area is 125 Å². The Morgan fingerprint density at radius 1 is 1.24 bits per heavy atom. The average Bonchev–Trinajstić information content (AvgIpc) is 3.05. The fraction of sp³-hybridized carbons (Fsp3) is 0.800. The zero-order valence-corrected chi connectivity index (χ0v) is 12.8. The Morgan fingerprint density at radius 3 is 2.67 bits per heavy atom. The molecule has 1 aliphatic carbocycles. The molecule has 2 fully saturated rings. The molecule has 1 aromatic rings. The smallest absolute Gasteiger partial charge is 0.276 e. The van der Waals surface area contributed by atoms with Crippen LogP contribution in [0.15, 0.2) is 6.20 Å². The van der Waals surface area contributed by atoms with Crippen molar-refractivity contribution in [3.8, 4) is 0 Å². The van der Waals surface area contributed by atoms with E-state index in [2.05, 4.69) is 15.6 Å². The minimum atomic E-state index is 0.0158. The molecule has 1 saturated carbocycles. The highest BCUT2D eigenvalue weighted by molar-refractivity contribution is 5.91. The summed E-state index contributed by atoms with van der Waals surface area (Å²) in [6.07, 6.45) is 9.91. The summed E-state index contributed by atoms with van der Waals surface area (Å²) >= 11 is 0. The number of carbonyl (C=O) groups excluding carboxylic acids is 1. The first-order chi connectivity index (χ1) is 10.3. The van der Waals surface area contributed by atoms with E-state index >= 15 is 0 Å². The molecule has 0 radical (unpaired) electrons. The minimum Gasteiger partial charge on any atom is -0.337 e. The lowest BCUT2D eigenvalue weighted by molar-refractivity contribution is 0.0690. The average molecular weight is 291 g/mol. The highest BCUT2D eigenvalue weighted by atomic mass is 16.2. The fourth-order valence-electron chi connectivity index (χ4n) is 3.44. The molecule has 0 spiro atoms. The number of hydrogen-bond donors (Lipinski definition) is 1. The molecule has 116 valence electrons. The van der Waals surface area contributed by atoms with Gasteiger partial charge in [0.05, 0.1) is 12.2 Å². The van der Waals surface area contributed by atoms with Crippen LogP contribution in [0.4, 0.5) is 0 Å². The second-order valence-electron chi connectivity index (χ2n) is 6.27. The van der Waals surface area contributed by atoms with Gasteiger partial charge in [0.1, 0.15) is 0 Å². The Balaban J connectivity index is 1.65. The maximum Gasteiger partial charge on any atom is 0.276 e. The van der Waals surface area contributed by atoms with E-state index in [-0.39, 0.29) is 5.91 Å². The van der Waals surface area contributed by atoms with Crippen LogP contribution in [0.5, 0.6) is 0 Å². The third-order valence-electron chi connectivity index (χ3n) is 4.85. The summed E-state index contributed by atoms with van der Waals surface area (Å²) in [4.78, 5) is 14.4. The Bertz CT molecular complexity index is 474. The molecular formula is C15H25N5O. The van der Waals surface area contributed by atoms with Crippen LogP contribution in [-0.4, -0.2) is 52.0 Å². The zero-order valence-electron chi connectivity index (χ0n) is 12.8. The third kappa shape index (κ3) is 3.26. The molecule has 2 aliphatic rings. The van der Waals surface area contributed by atoms with Gasteiger partial charge in [0, 0.05) is 13.1 Å². The summed E-state index contributed by atoms with van der Waals surface area (Å²) in [6.45, 7) is 2.02. The lowest BCUT2D eigenvalue weighted by Gasteiger charge is -2.30. The van der Waals surface area contributed by atoms with Crippen molar-refractivity contribution in [1.29, 1.82) is 0 Å². The number of nitrogens with one attached hydrogen (secondary N) is 1. The monoisotopic (exact) mass is 291 g/mol. The van der Waals surface area contributed by atoms with Crippen molar-refractivity contribution < 1.29 is 4.79 Å². The molecule has 1 aromatic heterocycles. The van der Waals surface area contributed by atoms with Gasteiger partial charge in [-0.05, 0) is 38.8 Å². The summed E-state index contributed by atoms with van der Waals surface area (Å²) in [7, 11) is 1.90. The normalized spacial score (nSPS) is 21.4. The third-order valence-corrected chi connectivity index (χ3v) is 4.85. The van der Waals surface area contributed by atoms with Crippen LogP contribution in [0, 0.1) is 0 Å².